The summed E-state index contributed by atoms with van der Waals surface area (Å²) < 4.78 is 7.56. The lowest BCUT2D eigenvalue weighted by atomic mass is 10.2. The number of unbranched alkanes of at least 4 members (excludes halogenated alkanes) is 1. The lowest BCUT2D eigenvalue weighted by Gasteiger charge is -2.13. The number of amides is 1. The third-order valence-corrected chi connectivity index (χ3v) is 4.31. The fraction of sp³-hybridized carbons (Fsp3) is 0.190. The molecule has 1 aromatic heterocycles. The number of rotatable bonds is 6. The monoisotopic (exact) mass is 415 g/mol. The molecule has 0 aliphatic carbocycles. The Morgan fingerprint density at radius 2 is 1.82 bits per heavy atom. The summed E-state index contributed by atoms with van der Waals surface area (Å²) in [6, 6.07) is 15.9. The fourth-order valence-electron chi connectivity index (χ4n) is 2.51. The number of aromatic nitrogens is 2. The minimum absolute atomic E-state index is 0.311. The summed E-state index contributed by atoms with van der Waals surface area (Å²) in [5.41, 5.74) is 1.17. The van der Waals surface area contributed by atoms with Gasteiger partial charge < -0.3 is 4.74 Å². The summed E-state index contributed by atoms with van der Waals surface area (Å²) in [4.78, 5) is 16.6. The topological polar surface area (TPSA) is 56.5 Å². The maximum Gasteiger partial charge on any atom is 0.277 e. The van der Waals surface area contributed by atoms with Crippen LogP contribution >= 0.6 is 23.2 Å². The first-order valence-electron chi connectivity index (χ1n) is 8.89. The predicted octanol–water partition coefficient (Wildman–Crippen LogP) is 5.10. The number of ether oxygens (including phenoxy) is 1. The Labute approximate surface area is 173 Å². The first-order chi connectivity index (χ1) is 13.6. The van der Waals surface area contributed by atoms with E-state index in [1.165, 1.54) is 18.3 Å². The highest BCUT2D eigenvalue weighted by Crippen LogP contribution is 2.19. The molecule has 1 amide bonds. The van der Waals surface area contributed by atoms with Gasteiger partial charge in [-0.15, -0.1) is 0 Å². The first-order valence-corrected chi connectivity index (χ1v) is 9.65. The highest BCUT2D eigenvalue weighted by atomic mass is 35.5. The van der Waals surface area contributed by atoms with Crippen LogP contribution in [0.25, 0.3) is 5.69 Å². The number of benzene rings is 2. The number of hydrogen-bond donors (Lipinski definition) is 0. The Morgan fingerprint density at radius 1 is 1.11 bits per heavy atom. The van der Waals surface area contributed by atoms with Crippen molar-refractivity contribution < 1.29 is 9.53 Å². The lowest BCUT2D eigenvalue weighted by Crippen LogP contribution is -2.15. The van der Waals surface area contributed by atoms with Crippen LogP contribution in [0.4, 0.5) is 0 Å². The van der Waals surface area contributed by atoms with Gasteiger partial charge in [-0.3, -0.25) is 4.79 Å². The van der Waals surface area contributed by atoms with Gasteiger partial charge in [-0.05, 0) is 36.8 Å². The zero-order valence-corrected chi connectivity index (χ0v) is 16.8. The van der Waals surface area contributed by atoms with Crippen LogP contribution in [0.2, 0.25) is 10.0 Å². The van der Waals surface area contributed by atoms with E-state index in [1.807, 2.05) is 30.3 Å². The van der Waals surface area contributed by atoms with Gasteiger partial charge >= 0.3 is 0 Å². The summed E-state index contributed by atoms with van der Waals surface area (Å²) in [5.74, 6) is 0.0565. The Morgan fingerprint density at radius 3 is 2.50 bits per heavy atom. The van der Waals surface area contributed by atoms with Gasteiger partial charge in [0.25, 0.3) is 5.91 Å². The number of hydrogen-bond acceptors (Lipinski definition) is 3. The van der Waals surface area contributed by atoms with Crippen LogP contribution in [0.1, 0.15) is 30.1 Å². The van der Waals surface area contributed by atoms with E-state index < -0.39 is 5.91 Å². The van der Waals surface area contributed by atoms with Crippen LogP contribution in [-0.2, 0) is 0 Å². The molecule has 1 heterocycles. The maximum atomic E-state index is 12.5. The summed E-state index contributed by atoms with van der Waals surface area (Å²) in [6.45, 7) is 2.64. The van der Waals surface area contributed by atoms with Gasteiger partial charge in [0.05, 0.1) is 23.8 Å². The largest absolute Gasteiger partial charge is 0.478 e. The van der Waals surface area contributed by atoms with Crippen molar-refractivity contribution in [1.82, 2.24) is 9.78 Å². The second-order valence-electron chi connectivity index (χ2n) is 6.08. The van der Waals surface area contributed by atoms with Crippen LogP contribution in [0.3, 0.4) is 0 Å². The molecule has 0 atom stereocenters. The van der Waals surface area contributed by atoms with Gasteiger partial charge in [0.2, 0.25) is 5.88 Å². The molecule has 0 aliphatic heterocycles. The van der Waals surface area contributed by atoms with Crippen LogP contribution in [0.15, 0.2) is 65.8 Å². The number of nitrogens with zero attached hydrogens (tertiary/aromatic N) is 3. The number of carbonyl (C=O) groups excluding carboxylic acids is 1. The Kier molecular flexibility index (Phi) is 6.85. The predicted molar refractivity (Wildman–Crippen MR) is 110 cm³/mol. The molecule has 144 valence electrons. The standard InChI is InChI=1S/C21H19Cl2N3O2/c1-2-3-9-28-20-13-18(14-24-26(20)19-7-5-4-6-8-19)25-21(27)15-10-16(22)12-17(23)11-15/h4-8,10-14H,2-3,9H2,1H3. The first kappa shape index (κ1) is 20.1. The molecule has 0 radical (unpaired) electrons. The van der Waals surface area contributed by atoms with Crippen molar-refractivity contribution >= 4 is 29.1 Å². The average Bonchev–Trinajstić information content (AvgIpc) is 2.68. The summed E-state index contributed by atoms with van der Waals surface area (Å²) >= 11 is 11.9. The van der Waals surface area contributed by atoms with E-state index >= 15 is 0 Å². The van der Waals surface area contributed by atoms with Crippen molar-refractivity contribution in [3.63, 3.8) is 0 Å². The molecule has 0 fully saturated rings. The van der Waals surface area contributed by atoms with Gasteiger partial charge in [0, 0.05) is 21.7 Å². The van der Waals surface area contributed by atoms with Crippen molar-refractivity contribution in [2.24, 2.45) is 4.99 Å². The molecule has 0 saturated carbocycles. The maximum absolute atomic E-state index is 12.5. The Balaban J connectivity index is 1.98. The van der Waals surface area contributed by atoms with E-state index in [4.69, 9.17) is 27.9 Å². The van der Waals surface area contributed by atoms with Gasteiger partial charge in [0.15, 0.2) is 0 Å². The van der Waals surface area contributed by atoms with Gasteiger partial charge in [-0.2, -0.15) is 5.10 Å². The molecular formula is C21H19Cl2N3O2. The molecule has 0 saturated heterocycles. The molecule has 5 nitrogen and oxygen atoms in total. The minimum atomic E-state index is -0.455. The lowest BCUT2D eigenvalue weighted by molar-refractivity contribution is 0.0998. The van der Waals surface area contributed by atoms with Crippen LogP contribution < -0.4 is 10.1 Å². The highest BCUT2D eigenvalue weighted by molar-refractivity contribution is 6.35. The van der Waals surface area contributed by atoms with Crippen molar-refractivity contribution in [1.29, 1.82) is 0 Å². The highest BCUT2D eigenvalue weighted by Gasteiger charge is 2.09. The van der Waals surface area contributed by atoms with E-state index in [0.29, 0.717) is 33.5 Å². The van der Waals surface area contributed by atoms with Crippen LogP contribution in [0, 0.1) is 0 Å². The molecule has 28 heavy (non-hydrogen) atoms. The van der Waals surface area contributed by atoms with Crippen molar-refractivity contribution in [3.8, 4) is 11.6 Å². The van der Waals surface area contributed by atoms with E-state index in [1.54, 1.807) is 16.8 Å². The van der Waals surface area contributed by atoms with Gasteiger partial charge in [-0.1, -0.05) is 54.7 Å². The smallest absolute Gasteiger partial charge is 0.277 e. The molecule has 2 aromatic carbocycles. The molecule has 0 spiro atoms. The second kappa shape index (κ2) is 9.53. The van der Waals surface area contributed by atoms with Crippen molar-refractivity contribution in [2.45, 2.75) is 19.8 Å². The van der Waals surface area contributed by atoms with E-state index in [2.05, 4.69) is 17.0 Å². The average molecular weight is 416 g/mol. The quantitative estimate of drug-likeness (QED) is 0.526. The molecule has 3 aromatic rings. The van der Waals surface area contributed by atoms with Crippen molar-refractivity contribution in [2.75, 3.05) is 6.61 Å². The Bertz CT molecular complexity index is 1010. The SMILES string of the molecule is CCCCOc1cc(=NC(=O)c2cc(Cl)cc(Cl)c2)cnn1-c1ccccc1. The summed E-state index contributed by atoms with van der Waals surface area (Å²) in [7, 11) is 0. The minimum Gasteiger partial charge on any atom is -0.478 e. The van der Waals surface area contributed by atoms with E-state index in [9.17, 15) is 4.79 Å². The molecule has 7 heteroatoms. The normalized spacial score (nSPS) is 11.5. The van der Waals surface area contributed by atoms with Crippen molar-refractivity contribution in [3.05, 3.63) is 81.8 Å². The molecule has 0 N–H and O–H groups in total. The van der Waals surface area contributed by atoms with E-state index in [0.717, 1.165) is 18.5 Å². The number of carbonyl (C=O) groups is 1. The number of halogens is 2. The molecule has 0 bridgehead atoms. The fourth-order valence-corrected chi connectivity index (χ4v) is 3.03. The second-order valence-corrected chi connectivity index (χ2v) is 6.95. The summed E-state index contributed by atoms with van der Waals surface area (Å²) in [6.07, 6.45) is 3.44. The van der Waals surface area contributed by atoms with Gasteiger partial charge in [-0.25, -0.2) is 9.67 Å². The summed E-state index contributed by atoms with van der Waals surface area (Å²) in [5, 5.41) is 5.55. The van der Waals surface area contributed by atoms with Crippen LogP contribution in [-0.4, -0.2) is 22.3 Å². The molecular weight excluding hydrogens is 397 g/mol. The number of para-hydroxylation sites is 1. The van der Waals surface area contributed by atoms with Gasteiger partial charge in [0.1, 0.15) is 0 Å². The molecule has 0 unspecified atom stereocenters. The third kappa shape index (κ3) is 5.21. The molecule has 3 rings (SSSR count). The Hall–Kier alpha value is -2.63. The zero-order valence-electron chi connectivity index (χ0n) is 15.3. The van der Waals surface area contributed by atoms with Crippen LogP contribution in [0.5, 0.6) is 5.88 Å². The zero-order chi connectivity index (χ0) is 19.9. The van der Waals surface area contributed by atoms with E-state index in [-0.39, 0.29) is 0 Å². The molecule has 0 aliphatic rings. The third-order valence-electron chi connectivity index (χ3n) is 3.87.